The van der Waals surface area contributed by atoms with Crippen molar-refractivity contribution in [3.05, 3.63) is 144 Å². The molecule has 0 saturated carbocycles. The third-order valence-electron chi connectivity index (χ3n) is 9.04. The van der Waals surface area contributed by atoms with Crippen molar-refractivity contribution < 1.29 is 26.3 Å². The molecule has 0 atom stereocenters. The van der Waals surface area contributed by atoms with E-state index in [4.69, 9.17) is 0 Å². The monoisotopic (exact) mass is 670 g/mol. The molecule has 4 nitrogen and oxygen atoms in total. The molecule has 6 aromatic carbocycles. The van der Waals surface area contributed by atoms with Crippen LogP contribution in [0.5, 0.6) is 0 Å². The van der Waals surface area contributed by atoms with Gasteiger partial charge in [-0.1, -0.05) is 66.7 Å². The molecule has 50 heavy (non-hydrogen) atoms. The number of halogens is 6. The lowest BCUT2D eigenvalue weighted by Gasteiger charge is -2.20. The van der Waals surface area contributed by atoms with Crippen LogP contribution in [0.3, 0.4) is 0 Å². The minimum atomic E-state index is -4.67. The van der Waals surface area contributed by atoms with Crippen LogP contribution in [0.15, 0.2) is 121 Å². The number of hydrogen-bond acceptors (Lipinski definition) is 2. The van der Waals surface area contributed by atoms with Crippen LogP contribution in [0, 0.1) is 22.7 Å². The van der Waals surface area contributed by atoms with E-state index in [0.717, 1.165) is 24.3 Å². The number of benzene rings is 6. The van der Waals surface area contributed by atoms with Gasteiger partial charge in [0, 0.05) is 27.1 Å². The molecule has 8 rings (SSSR count). The van der Waals surface area contributed by atoms with Crippen molar-refractivity contribution in [1.82, 2.24) is 9.13 Å². The topological polar surface area (TPSA) is 57.4 Å². The SMILES string of the molecule is N#Cc1cccc(-c2ccc(-n3c4ccccc4c4ccc(C(F)(F)F)cc43)c(C#N)c2-n2c3ccccc3c3ccc(C(F)(F)F)cc32)c1. The number of hydrogen-bond donors (Lipinski definition) is 0. The van der Waals surface area contributed by atoms with Crippen molar-refractivity contribution in [1.29, 1.82) is 10.5 Å². The molecule has 0 saturated heterocycles. The first-order chi connectivity index (χ1) is 24.0. The van der Waals surface area contributed by atoms with Crippen LogP contribution in [0.4, 0.5) is 26.3 Å². The van der Waals surface area contributed by atoms with E-state index < -0.39 is 23.5 Å². The fraction of sp³-hybridized carbons (Fsp3) is 0.0500. The van der Waals surface area contributed by atoms with Crippen molar-refractivity contribution >= 4 is 43.6 Å². The molecular weight excluding hydrogens is 650 g/mol. The second-order valence-corrected chi connectivity index (χ2v) is 11.8. The maximum atomic E-state index is 14.2. The summed E-state index contributed by atoms with van der Waals surface area (Å²) in [6.07, 6.45) is -9.31. The first kappa shape index (κ1) is 30.8. The summed E-state index contributed by atoms with van der Waals surface area (Å²) in [5.41, 5.74) is 1.36. The molecule has 0 radical (unpaired) electrons. The maximum absolute atomic E-state index is 14.2. The molecule has 0 aliphatic heterocycles. The van der Waals surface area contributed by atoms with Gasteiger partial charge in [0.2, 0.25) is 0 Å². The van der Waals surface area contributed by atoms with E-state index in [9.17, 15) is 36.9 Å². The van der Waals surface area contributed by atoms with Crippen LogP contribution in [-0.4, -0.2) is 9.13 Å². The molecule has 242 valence electrons. The third-order valence-corrected chi connectivity index (χ3v) is 9.04. The van der Waals surface area contributed by atoms with Crippen LogP contribution < -0.4 is 0 Å². The first-order valence-corrected chi connectivity index (χ1v) is 15.3. The molecule has 0 aliphatic carbocycles. The molecular formula is C40H20F6N4. The van der Waals surface area contributed by atoms with Crippen molar-refractivity contribution in [2.24, 2.45) is 0 Å². The lowest BCUT2D eigenvalue weighted by atomic mass is 9.97. The van der Waals surface area contributed by atoms with Gasteiger partial charge < -0.3 is 9.13 Å². The molecule has 0 bridgehead atoms. The number of aromatic nitrogens is 2. The van der Waals surface area contributed by atoms with Crippen LogP contribution >= 0.6 is 0 Å². The molecule has 0 N–H and O–H groups in total. The second kappa shape index (κ2) is 11.0. The standard InChI is InChI=1S/C40H20F6N4/c41-39(42,43)25-12-14-30-28-8-1-3-10-33(28)49(36(30)19-25)35-17-16-27(24-7-5-6-23(18-24)21-47)38(32(35)22-48)50-34-11-4-2-9-29(34)31-15-13-26(20-37(31)50)40(44,45)46/h1-20H. The highest BCUT2D eigenvalue weighted by Gasteiger charge is 2.33. The number of nitriles is 2. The van der Waals surface area contributed by atoms with E-state index in [1.807, 2.05) is 0 Å². The molecule has 0 spiro atoms. The quantitative estimate of drug-likeness (QED) is 0.176. The first-order valence-electron chi connectivity index (χ1n) is 15.3. The van der Waals surface area contributed by atoms with Crippen LogP contribution in [-0.2, 0) is 12.4 Å². The van der Waals surface area contributed by atoms with Gasteiger partial charge in [0.25, 0.3) is 0 Å². The Morgan fingerprint density at radius 3 is 1.58 bits per heavy atom. The van der Waals surface area contributed by atoms with Gasteiger partial charge in [-0.15, -0.1) is 0 Å². The van der Waals surface area contributed by atoms with E-state index >= 15 is 0 Å². The molecule has 0 amide bonds. The minimum absolute atomic E-state index is 0.00462. The maximum Gasteiger partial charge on any atom is 0.416 e. The third kappa shape index (κ3) is 4.68. The molecule has 10 heteroatoms. The molecule has 0 unspecified atom stereocenters. The van der Waals surface area contributed by atoms with E-state index in [0.29, 0.717) is 49.3 Å². The fourth-order valence-corrected chi connectivity index (χ4v) is 6.89. The lowest BCUT2D eigenvalue weighted by molar-refractivity contribution is -0.138. The number of fused-ring (bicyclic) bond motifs is 6. The number of nitrogens with zero attached hydrogens (tertiary/aromatic N) is 4. The normalized spacial score (nSPS) is 12.2. The zero-order chi connectivity index (χ0) is 34.9. The summed E-state index contributed by atoms with van der Waals surface area (Å²) in [4.78, 5) is 0. The summed E-state index contributed by atoms with van der Waals surface area (Å²) in [6, 6.07) is 35.2. The van der Waals surface area contributed by atoms with Crippen LogP contribution in [0.2, 0.25) is 0 Å². The Kier molecular flexibility index (Phi) is 6.78. The molecule has 2 aromatic heterocycles. The smallest absolute Gasteiger partial charge is 0.308 e. The highest BCUT2D eigenvalue weighted by Crippen LogP contribution is 2.44. The zero-order valence-electron chi connectivity index (χ0n) is 25.6. The van der Waals surface area contributed by atoms with E-state index in [-0.39, 0.29) is 28.0 Å². The van der Waals surface area contributed by atoms with Crippen molar-refractivity contribution in [2.45, 2.75) is 12.4 Å². The summed E-state index contributed by atoms with van der Waals surface area (Å²) < 4.78 is 87.8. The molecule has 0 fully saturated rings. The van der Waals surface area contributed by atoms with Gasteiger partial charge in [-0.3, -0.25) is 0 Å². The number of alkyl halides is 6. The predicted molar refractivity (Wildman–Crippen MR) is 180 cm³/mol. The Morgan fingerprint density at radius 1 is 0.480 bits per heavy atom. The van der Waals surface area contributed by atoms with E-state index in [2.05, 4.69) is 12.1 Å². The summed E-state index contributed by atoms with van der Waals surface area (Å²) in [7, 11) is 0. The predicted octanol–water partition coefficient (Wildman–Crippen LogP) is 11.3. The summed E-state index contributed by atoms with van der Waals surface area (Å²) in [5.74, 6) is 0. The van der Waals surface area contributed by atoms with Gasteiger partial charge >= 0.3 is 12.4 Å². The highest BCUT2D eigenvalue weighted by molar-refractivity contribution is 6.12. The van der Waals surface area contributed by atoms with Gasteiger partial charge in [0.1, 0.15) is 11.6 Å². The van der Waals surface area contributed by atoms with Crippen molar-refractivity contribution in [2.75, 3.05) is 0 Å². The van der Waals surface area contributed by atoms with E-state index in [1.54, 1.807) is 94.1 Å². The van der Waals surface area contributed by atoms with Gasteiger partial charge in [-0.05, 0) is 60.2 Å². The van der Waals surface area contributed by atoms with Gasteiger partial charge in [-0.25, -0.2) is 0 Å². The fourth-order valence-electron chi connectivity index (χ4n) is 6.89. The largest absolute Gasteiger partial charge is 0.416 e. The van der Waals surface area contributed by atoms with E-state index in [1.165, 1.54) is 12.1 Å². The summed E-state index contributed by atoms with van der Waals surface area (Å²) >= 11 is 0. The number of rotatable bonds is 3. The Bertz CT molecular complexity index is 2770. The van der Waals surface area contributed by atoms with Crippen molar-refractivity contribution in [3.8, 4) is 34.6 Å². The van der Waals surface area contributed by atoms with Crippen LogP contribution in [0.25, 0.3) is 66.1 Å². The average Bonchev–Trinajstić information content (AvgIpc) is 3.62. The molecule has 2 heterocycles. The summed E-state index contributed by atoms with van der Waals surface area (Å²) in [6.45, 7) is 0. The highest BCUT2D eigenvalue weighted by atomic mass is 19.4. The lowest BCUT2D eigenvalue weighted by Crippen LogP contribution is -2.08. The van der Waals surface area contributed by atoms with Gasteiger partial charge in [0.05, 0.1) is 56.2 Å². The second-order valence-electron chi connectivity index (χ2n) is 11.8. The Labute approximate surface area is 279 Å². The van der Waals surface area contributed by atoms with Gasteiger partial charge in [0.15, 0.2) is 0 Å². The van der Waals surface area contributed by atoms with Gasteiger partial charge in [-0.2, -0.15) is 36.9 Å². The zero-order valence-corrected chi connectivity index (χ0v) is 25.6. The Hall–Kier alpha value is -6.52. The van der Waals surface area contributed by atoms with Crippen LogP contribution in [0.1, 0.15) is 22.3 Å². The average molecular weight is 671 g/mol. The molecule has 0 aliphatic rings. The van der Waals surface area contributed by atoms with Crippen molar-refractivity contribution in [3.63, 3.8) is 0 Å². The Balaban J connectivity index is 1.57. The Morgan fingerprint density at radius 2 is 1.02 bits per heavy atom. The number of para-hydroxylation sites is 2. The minimum Gasteiger partial charge on any atom is -0.308 e. The molecule has 8 aromatic rings. The summed E-state index contributed by atoms with van der Waals surface area (Å²) in [5, 5.41) is 23.1.